The molecule has 1 aliphatic rings. The molecule has 0 unspecified atom stereocenters. The van der Waals surface area contributed by atoms with E-state index in [1.165, 1.54) is 41.3 Å². The van der Waals surface area contributed by atoms with Crippen molar-refractivity contribution in [2.24, 2.45) is 5.10 Å². The molecule has 0 bridgehead atoms. The van der Waals surface area contributed by atoms with Crippen LogP contribution in [-0.2, 0) is 9.53 Å². The summed E-state index contributed by atoms with van der Waals surface area (Å²) in [6.07, 6.45) is 1.39. The van der Waals surface area contributed by atoms with Gasteiger partial charge in [-0.25, -0.2) is 15.3 Å². The highest BCUT2D eigenvalue weighted by atomic mass is 32.2. The van der Waals surface area contributed by atoms with Gasteiger partial charge in [-0.2, -0.15) is 5.10 Å². The average Bonchev–Trinajstić information content (AvgIpc) is 3.51. The number of nitrogens with zero attached hydrogens (tertiary/aromatic N) is 3. The van der Waals surface area contributed by atoms with Gasteiger partial charge in [0.2, 0.25) is 0 Å². The minimum atomic E-state index is -0.366. The quantitative estimate of drug-likeness (QED) is 0.236. The summed E-state index contributed by atoms with van der Waals surface area (Å²) in [5, 5.41) is 4.41. The van der Waals surface area contributed by atoms with Gasteiger partial charge in [0.1, 0.15) is 12.4 Å². The number of fused-ring (bicyclic) bond motifs is 2. The second kappa shape index (κ2) is 9.21. The van der Waals surface area contributed by atoms with Crippen LogP contribution in [0.2, 0.25) is 0 Å². The van der Waals surface area contributed by atoms with Gasteiger partial charge in [0.15, 0.2) is 9.43 Å². The number of thiazole rings is 1. The number of methoxy groups -OCH3 is 1. The summed E-state index contributed by atoms with van der Waals surface area (Å²) < 4.78 is 12.0. The Kier molecular flexibility index (Phi) is 5.97. The summed E-state index contributed by atoms with van der Waals surface area (Å²) >= 11 is 2.76. The zero-order valence-corrected chi connectivity index (χ0v) is 19.3. The highest BCUT2D eigenvalue weighted by Gasteiger charge is 2.36. The lowest BCUT2D eigenvalue weighted by Crippen LogP contribution is -2.29. The van der Waals surface area contributed by atoms with Gasteiger partial charge in [-0.05, 0) is 54.2 Å². The Bertz CT molecular complexity index is 1420. The lowest BCUT2D eigenvalue weighted by atomic mass is 10.1. The Labute approximate surface area is 201 Å². The predicted octanol–water partition coefficient (Wildman–Crippen LogP) is 3.94. The first-order valence-electron chi connectivity index (χ1n) is 10.0. The molecule has 1 N–H and O–H groups in total. The highest BCUT2D eigenvalue weighted by molar-refractivity contribution is 8.01. The zero-order chi connectivity index (χ0) is 23.7. The van der Waals surface area contributed by atoms with Crippen molar-refractivity contribution in [1.29, 1.82) is 0 Å². The molecular weight excluding hydrogens is 476 g/mol. The number of carbonyl (C=O) groups is 3. The van der Waals surface area contributed by atoms with Crippen molar-refractivity contribution in [3.8, 4) is 0 Å². The number of anilines is 1. The number of rotatable bonds is 7. The van der Waals surface area contributed by atoms with Crippen LogP contribution in [0.5, 0.6) is 0 Å². The Morgan fingerprint density at radius 2 is 1.94 bits per heavy atom. The third kappa shape index (κ3) is 4.23. The van der Waals surface area contributed by atoms with Crippen LogP contribution in [0.3, 0.4) is 0 Å². The van der Waals surface area contributed by atoms with E-state index < -0.39 is 0 Å². The fraction of sp³-hybridized carbons (Fsp3) is 0.0870. The smallest absolute Gasteiger partial charge is 0.266 e. The van der Waals surface area contributed by atoms with Crippen LogP contribution < -0.4 is 10.3 Å². The molecule has 0 fully saturated rings. The molecule has 0 saturated heterocycles. The molecule has 0 spiro atoms. The molecule has 0 radical (unpaired) electrons. The summed E-state index contributed by atoms with van der Waals surface area (Å²) in [5.41, 5.74) is 4.40. The molecule has 170 valence electrons. The van der Waals surface area contributed by atoms with Gasteiger partial charge in [-0.1, -0.05) is 12.1 Å². The van der Waals surface area contributed by atoms with Crippen molar-refractivity contribution < 1.29 is 23.5 Å². The fourth-order valence-electron chi connectivity index (χ4n) is 3.37. The van der Waals surface area contributed by atoms with Crippen molar-refractivity contribution in [1.82, 2.24) is 10.4 Å². The van der Waals surface area contributed by atoms with Gasteiger partial charge in [0, 0.05) is 7.11 Å². The van der Waals surface area contributed by atoms with Crippen LogP contribution >= 0.6 is 23.1 Å². The highest BCUT2D eigenvalue weighted by Crippen LogP contribution is 2.37. The van der Waals surface area contributed by atoms with Crippen LogP contribution in [0.25, 0.3) is 10.2 Å². The minimum absolute atomic E-state index is 0.0804. The Balaban J connectivity index is 1.31. The van der Waals surface area contributed by atoms with Gasteiger partial charge in [0.05, 0.1) is 33.2 Å². The van der Waals surface area contributed by atoms with E-state index in [0.717, 1.165) is 14.6 Å². The van der Waals surface area contributed by atoms with Crippen molar-refractivity contribution in [2.75, 3.05) is 18.6 Å². The number of furan rings is 1. The maximum Gasteiger partial charge on any atom is 0.266 e. The van der Waals surface area contributed by atoms with E-state index in [2.05, 4.69) is 15.5 Å². The molecule has 3 amide bonds. The van der Waals surface area contributed by atoms with Crippen molar-refractivity contribution >= 4 is 62.9 Å². The molecule has 3 heterocycles. The van der Waals surface area contributed by atoms with E-state index in [0.29, 0.717) is 27.7 Å². The summed E-state index contributed by atoms with van der Waals surface area (Å²) in [7, 11) is 1.42. The number of hydrazone groups is 1. The lowest BCUT2D eigenvalue weighted by molar-refractivity contribution is -0.124. The molecular formula is C23H16N4O5S2. The van der Waals surface area contributed by atoms with Crippen molar-refractivity contribution in [3.05, 3.63) is 71.5 Å². The normalized spacial score (nSPS) is 13.3. The number of amides is 3. The maximum absolute atomic E-state index is 12.8. The van der Waals surface area contributed by atoms with Crippen LogP contribution in [-0.4, -0.2) is 42.6 Å². The molecule has 4 aromatic rings. The molecule has 5 rings (SSSR count). The summed E-state index contributed by atoms with van der Waals surface area (Å²) in [4.78, 5) is 42.7. The van der Waals surface area contributed by atoms with Gasteiger partial charge in [-0.3, -0.25) is 14.4 Å². The fourth-order valence-corrected chi connectivity index (χ4v) is 5.38. The first-order valence-corrected chi connectivity index (χ1v) is 11.6. The number of benzene rings is 2. The summed E-state index contributed by atoms with van der Waals surface area (Å²) in [6, 6.07) is 15.6. The van der Waals surface area contributed by atoms with E-state index in [1.807, 2.05) is 0 Å². The third-order valence-electron chi connectivity index (χ3n) is 4.85. The minimum Gasteiger partial charge on any atom is -0.448 e. The molecule has 34 heavy (non-hydrogen) atoms. The lowest BCUT2D eigenvalue weighted by Gasteiger charge is -2.13. The first-order chi connectivity index (χ1) is 16.5. The number of hydrogen-bond donors (Lipinski definition) is 1. The Morgan fingerprint density at radius 1 is 1.18 bits per heavy atom. The second-order valence-corrected chi connectivity index (χ2v) is 9.39. The van der Waals surface area contributed by atoms with Crippen LogP contribution in [0.4, 0.5) is 5.69 Å². The van der Waals surface area contributed by atoms with Crippen molar-refractivity contribution in [3.63, 3.8) is 0 Å². The van der Waals surface area contributed by atoms with Gasteiger partial charge in [0.25, 0.3) is 17.7 Å². The van der Waals surface area contributed by atoms with E-state index in [4.69, 9.17) is 9.15 Å². The second-order valence-electron chi connectivity index (χ2n) is 7.11. The van der Waals surface area contributed by atoms with Gasteiger partial charge in [-0.15, -0.1) is 11.3 Å². The largest absolute Gasteiger partial charge is 0.448 e. The SMILES string of the molecule is COCC(=O)N/N=C\c1ccc(Sc2nc3ccc(N4C(=O)c5ccccc5C4=O)cc3s2)o1. The predicted molar refractivity (Wildman–Crippen MR) is 128 cm³/mol. The van der Waals surface area contributed by atoms with E-state index in [-0.39, 0.29) is 24.3 Å². The molecule has 2 aromatic carbocycles. The summed E-state index contributed by atoms with van der Waals surface area (Å²) in [5.74, 6) is -0.561. The number of imide groups is 1. The Morgan fingerprint density at radius 3 is 2.68 bits per heavy atom. The van der Waals surface area contributed by atoms with Gasteiger partial charge < -0.3 is 9.15 Å². The maximum atomic E-state index is 12.8. The topological polar surface area (TPSA) is 114 Å². The average molecular weight is 493 g/mol. The van der Waals surface area contributed by atoms with E-state index >= 15 is 0 Å². The molecule has 0 aliphatic carbocycles. The Hall–Kier alpha value is -3.80. The molecule has 1 aliphatic heterocycles. The number of hydrogen-bond acceptors (Lipinski definition) is 9. The van der Waals surface area contributed by atoms with E-state index in [1.54, 1.807) is 54.6 Å². The van der Waals surface area contributed by atoms with Crippen LogP contribution in [0.15, 0.2) is 73.5 Å². The molecule has 11 heteroatoms. The summed E-state index contributed by atoms with van der Waals surface area (Å²) in [6.45, 7) is -0.0804. The molecule has 0 saturated carbocycles. The number of aromatic nitrogens is 1. The van der Waals surface area contributed by atoms with Crippen LogP contribution in [0, 0.1) is 0 Å². The number of carbonyl (C=O) groups excluding carboxylic acids is 3. The number of nitrogens with one attached hydrogen (secondary N) is 1. The first kappa shape index (κ1) is 22.0. The monoisotopic (exact) mass is 492 g/mol. The van der Waals surface area contributed by atoms with Gasteiger partial charge >= 0.3 is 0 Å². The third-order valence-corrected chi connectivity index (χ3v) is 6.85. The zero-order valence-electron chi connectivity index (χ0n) is 17.7. The van der Waals surface area contributed by atoms with Crippen LogP contribution in [0.1, 0.15) is 26.5 Å². The molecule has 9 nitrogen and oxygen atoms in total. The standard InChI is InChI=1S/C23H16N4O5S2/c1-31-12-19(28)26-24-11-14-7-9-20(32-14)34-23-25-17-8-6-13(10-18(17)33-23)27-21(29)15-4-2-3-5-16(15)22(27)30/h2-11H,12H2,1H3,(H,26,28)/b24-11-. The van der Waals surface area contributed by atoms with E-state index in [9.17, 15) is 14.4 Å². The number of ether oxygens (including phenoxy) is 1. The molecule has 2 aromatic heterocycles. The van der Waals surface area contributed by atoms with Crippen molar-refractivity contribution in [2.45, 2.75) is 9.43 Å². The molecule has 0 atom stereocenters.